The number of ketones is 1. The molecule has 0 saturated heterocycles. The number of carbonyl (C=O) groups excluding carboxylic acids is 1. The predicted octanol–water partition coefficient (Wildman–Crippen LogP) is 4.05. The fourth-order valence-electron chi connectivity index (χ4n) is 1.86. The lowest BCUT2D eigenvalue weighted by Gasteiger charge is -2.17. The Morgan fingerprint density at radius 1 is 1.33 bits per heavy atom. The van der Waals surface area contributed by atoms with Gasteiger partial charge in [0.1, 0.15) is 0 Å². The number of hydrogen-bond donors (Lipinski definition) is 1. The molecular weight excluding hydrogens is 224 g/mol. The first-order valence-electron chi connectivity index (χ1n) is 6.78. The second-order valence-corrected chi connectivity index (χ2v) is 5.95. The molecule has 18 heavy (non-hydrogen) atoms. The van der Waals surface area contributed by atoms with Gasteiger partial charge in [0.2, 0.25) is 0 Å². The summed E-state index contributed by atoms with van der Waals surface area (Å²) < 4.78 is 0. The van der Waals surface area contributed by atoms with E-state index in [-0.39, 0.29) is 5.78 Å². The molecule has 2 heteroatoms. The van der Waals surface area contributed by atoms with Crippen LogP contribution in [-0.2, 0) is 4.79 Å². The summed E-state index contributed by atoms with van der Waals surface area (Å²) in [6, 6.07) is 0. The monoisotopic (exact) mass is 252 g/mol. The normalized spacial score (nSPS) is 15.1. The maximum absolute atomic E-state index is 10.9. The van der Waals surface area contributed by atoms with Crippen molar-refractivity contribution >= 4 is 5.78 Å². The van der Waals surface area contributed by atoms with Crippen LogP contribution >= 0.6 is 0 Å². The summed E-state index contributed by atoms with van der Waals surface area (Å²) >= 11 is 0. The van der Waals surface area contributed by atoms with Crippen LogP contribution in [0.1, 0.15) is 60.3 Å². The van der Waals surface area contributed by atoms with Crippen LogP contribution < -0.4 is 0 Å². The number of carbonyl (C=O) groups is 1. The van der Waals surface area contributed by atoms with Crippen LogP contribution in [0.3, 0.4) is 0 Å². The number of hydrogen-bond acceptors (Lipinski definition) is 2. The summed E-state index contributed by atoms with van der Waals surface area (Å²) in [6.07, 6.45) is 9.84. The Bertz CT molecular complexity index is 306. The molecule has 104 valence electrons. The lowest BCUT2D eigenvalue weighted by atomic mass is 9.95. The quantitative estimate of drug-likeness (QED) is 0.523. The van der Waals surface area contributed by atoms with Gasteiger partial charge in [-0.15, -0.1) is 0 Å². The summed E-state index contributed by atoms with van der Waals surface area (Å²) in [7, 11) is 0. The average Bonchev–Trinajstić information content (AvgIpc) is 2.13. The Balaban J connectivity index is 3.87. The van der Waals surface area contributed by atoms with Crippen molar-refractivity contribution in [2.45, 2.75) is 65.9 Å². The van der Waals surface area contributed by atoms with Crippen molar-refractivity contribution in [2.24, 2.45) is 5.92 Å². The van der Waals surface area contributed by atoms with Gasteiger partial charge in [0.05, 0.1) is 5.60 Å². The Labute approximate surface area is 112 Å². The van der Waals surface area contributed by atoms with E-state index >= 15 is 0 Å². The molecule has 0 rings (SSSR count). The molecule has 1 atom stereocenters. The van der Waals surface area contributed by atoms with E-state index in [0.29, 0.717) is 5.92 Å². The molecule has 0 aliphatic heterocycles. The highest BCUT2D eigenvalue weighted by Crippen LogP contribution is 2.18. The first-order chi connectivity index (χ1) is 8.20. The predicted molar refractivity (Wildman–Crippen MR) is 77.5 cm³/mol. The highest BCUT2D eigenvalue weighted by atomic mass is 16.3. The maximum atomic E-state index is 10.9. The third kappa shape index (κ3) is 11.6. The Hall–Kier alpha value is -0.890. The average molecular weight is 252 g/mol. The van der Waals surface area contributed by atoms with E-state index in [1.807, 2.05) is 26.8 Å². The molecule has 2 nitrogen and oxygen atoms in total. The highest BCUT2D eigenvalue weighted by Gasteiger charge is 2.12. The van der Waals surface area contributed by atoms with Crippen molar-refractivity contribution in [2.75, 3.05) is 0 Å². The largest absolute Gasteiger partial charge is 0.390 e. The number of allylic oxidation sites excluding steroid dienone is 4. The molecule has 0 spiro atoms. The second kappa shape index (κ2) is 8.25. The van der Waals surface area contributed by atoms with Crippen molar-refractivity contribution in [3.63, 3.8) is 0 Å². The van der Waals surface area contributed by atoms with Crippen LogP contribution in [0.25, 0.3) is 0 Å². The summed E-state index contributed by atoms with van der Waals surface area (Å²) in [6.45, 7) is 9.44. The zero-order valence-electron chi connectivity index (χ0n) is 12.5. The summed E-state index contributed by atoms with van der Waals surface area (Å²) in [5.41, 5.74) is 0.460. The molecule has 0 aromatic rings. The minimum Gasteiger partial charge on any atom is -0.390 e. The standard InChI is InChI=1S/C16H28O2/c1-13(10-7-11-16(4,5)18)8-6-9-14(2)12-15(3)17/h6,9,12-13,18H,7-8,10-11H2,1-5H3. The van der Waals surface area contributed by atoms with Gasteiger partial charge in [0.15, 0.2) is 5.78 Å². The van der Waals surface area contributed by atoms with Gasteiger partial charge in [-0.3, -0.25) is 4.79 Å². The molecule has 0 heterocycles. The van der Waals surface area contributed by atoms with E-state index in [1.165, 1.54) is 0 Å². The first kappa shape index (κ1) is 17.1. The lowest BCUT2D eigenvalue weighted by Crippen LogP contribution is -2.18. The van der Waals surface area contributed by atoms with E-state index < -0.39 is 5.60 Å². The summed E-state index contributed by atoms with van der Waals surface area (Å²) in [4.78, 5) is 10.9. The third-order valence-electron chi connectivity index (χ3n) is 2.84. The molecule has 0 amide bonds. The zero-order valence-corrected chi connectivity index (χ0v) is 12.5. The van der Waals surface area contributed by atoms with Gasteiger partial charge < -0.3 is 5.11 Å². The van der Waals surface area contributed by atoms with Crippen LogP contribution in [0, 0.1) is 5.92 Å². The number of rotatable bonds is 8. The highest BCUT2D eigenvalue weighted by molar-refractivity contribution is 5.88. The number of aliphatic hydroxyl groups is 1. The van der Waals surface area contributed by atoms with Crippen LogP contribution in [0.15, 0.2) is 23.8 Å². The molecule has 0 saturated carbocycles. The lowest BCUT2D eigenvalue weighted by molar-refractivity contribution is -0.112. The van der Waals surface area contributed by atoms with Crippen molar-refractivity contribution in [3.05, 3.63) is 23.8 Å². The van der Waals surface area contributed by atoms with Gasteiger partial charge >= 0.3 is 0 Å². The van der Waals surface area contributed by atoms with Crippen LogP contribution in [0.2, 0.25) is 0 Å². The fourth-order valence-corrected chi connectivity index (χ4v) is 1.86. The second-order valence-electron chi connectivity index (χ2n) is 5.95. The minimum atomic E-state index is -0.545. The van der Waals surface area contributed by atoms with E-state index in [0.717, 1.165) is 31.3 Å². The molecule has 1 N–H and O–H groups in total. The fraction of sp³-hybridized carbons (Fsp3) is 0.688. The Kier molecular flexibility index (Phi) is 7.85. The minimum absolute atomic E-state index is 0.0929. The Morgan fingerprint density at radius 3 is 2.44 bits per heavy atom. The van der Waals surface area contributed by atoms with Crippen molar-refractivity contribution < 1.29 is 9.90 Å². The summed E-state index contributed by atoms with van der Waals surface area (Å²) in [5, 5.41) is 9.61. The van der Waals surface area contributed by atoms with Gasteiger partial charge in [-0.25, -0.2) is 0 Å². The van der Waals surface area contributed by atoms with Gasteiger partial charge in [0.25, 0.3) is 0 Å². The molecular formula is C16H28O2. The smallest absolute Gasteiger partial charge is 0.152 e. The van der Waals surface area contributed by atoms with E-state index in [9.17, 15) is 9.90 Å². The van der Waals surface area contributed by atoms with Crippen molar-refractivity contribution in [3.8, 4) is 0 Å². The van der Waals surface area contributed by atoms with Crippen molar-refractivity contribution in [1.82, 2.24) is 0 Å². The van der Waals surface area contributed by atoms with Gasteiger partial charge in [-0.1, -0.05) is 31.9 Å². The first-order valence-corrected chi connectivity index (χ1v) is 6.78. The van der Waals surface area contributed by atoms with E-state index in [2.05, 4.69) is 13.0 Å². The SMILES string of the molecule is CC(=O)C=C(C)C=CCC(C)CCCC(C)(C)O. The molecule has 0 aromatic heterocycles. The molecule has 0 bridgehead atoms. The molecule has 0 aliphatic rings. The molecule has 0 aliphatic carbocycles. The Morgan fingerprint density at radius 2 is 1.94 bits per heavy atom. The van der Waals surface area contributed by atoms with Crippen LogP contribution in [0.4, 0.5) is 0 Å². The summed E-state index contributed by atoms with van der Waals surface area (Å²) in [5.74, 6) is 0.712. The van der Waals surface area contributed by atoms with E-state index in [1.54, 1.807) is 13.0 Å². The molecule has 0 radical (unpaired) electrons. The van der Waals surface area contributed by atoms with Crippen LogP contribution in [-0.4, -0.2) is 16.5 Å². The zero-order chi connectivity index (χ0) is 14.2. The topological polar surface area (TPSA) is 37.3 Å². The molecule has 1 unspecified atom stereocenters. The van der Waals surface area contributed by atoms with Crippen LogP contribution in [0.5, 0.6) is 0 Å². The van der Waals surface area contributed by atoms with Gasteiger partial charge in [0, 0.05) is 0 Å². The molecule has 0 aromatic carbocycles. The molecule has 0 fully saturated rings. The van der Waals surface area contributed by atoms with E-state index in [4.69, 9.17) is 0 Å². The van der Waals surface area contributed by atoms with Gasteiger partial charge in [-0.2, -0.15) is 0 Å². The maximum Gasteiger partial charge on any atom is 0.152 e. The van der Waals surface area contributed by atoms with Crippen molar-refractivity contribution in [1.29, 1.82) is 0 Å². The van der Waals surface area contributed by atoms with Gasteiger partial charge in [-0.05, 0) is 58.1 Å². The third-order valence-corrected chi connectivity index (χ3v) is 2.84.